The first kappa shape index (κ1) is 15.8. The second kappa shape index (κ2) is 6.94. The number of hydrogen-bond donors (Lipinski definition) is 1. The van der Waals surface area contributed by atoms with Gasteiger partial charge in [0.25, 0.3) is 0 Å². The summed E-state index contributed by atoms with van der Waals surface area (Å²) in [6.45, 7) is 1.93. The van der Waals surface area contributed by atoms with E-state index < -0.39 is 5.60 Å². The third-order valence-corrected chi connectivity index (χ3v) is 3.90. The lowest BCUT2D eigenvalue weighted by molar-refractivity contribution is -0.0599. The Morgan fingerprint density at radius 3 is 1.95 bits per heavy atom. The molecule has 0 fully saturated rings. The minimum absolute atomic E-state index is 0.0581. The molecule has 0 aliphatic heterocycles. The summed E-state index contributed by atoms with van der Waals surface area (Å²) in [6.07, 6.45) is 0.692. The highest BCUT2D eigenvalue weighted by atomic mass is 35.5. The Morgan fingerprint density at radius 1 is 1.00 bits per heavy atom. The van der Waals surface area contributed by atoms with Crippen LogP contribution >= 0.6 is 11.6 Å². The van der Waals surface area contributed by atoms with Gasteiger partial charge in [0.05, 0.1) is 6.61 Å². The molecule has 0 aliphatic rings. The fourth-order valence-corrected chi connectivity index (χ4v) is 2.33. The maximum Gasteiger partial charge on any atom is 0.127 e. The molecule has 0 bridgehead atoms. The van der Waals surface area contributed by atoms with E-state index in [9.17, 15) is 5.11 Å². The molecular formula is C17H19ClO3. The molecule has 0 saturated heterocycles. The maximum absolute atomic E-state index is 9.59. The number of methoxy groups -OCH3 is 1. The first-order valence-corrected chi connectivity index (χ1v) is 7.21. The second-order valence-electron chi connectivity index (χ2n) is 4.79. The monoisotopic (exact) mass is 306 g/mol. The quantitative estimate of drug-likeness (QED) is 0.861. The number of benzene rings is 2. The number of aliphatic hydroxyl groups excluding tert-OH is 1. The van der Waals surface area contributed by atoms with Crippen LogP contribution < -0.4 is 4.74 Å². The molecule has 0 aliphatic carbocycles. The van der Waals surface area contributed by atoms with Crippen molar-refractivity contribution >= 4 is 11.6 Å². The molecule has 3 nitrogen and oxygen atoms in total. The van der Waals surface area contributed by atoms with Gasteiger partial charge in [-0.25, -0.2) is 0 Å². The predicted octanol–water partition coefficient (Wildman–Crippen LogP) is 4.38. The summed E-state index contributed by atoms with van der Waals surface area (Å²) in [5, 5.41) is 10.3. The largest absolute Gasteiger partial charge is 0.457 e. The number of aliphatic hydroxyl groups is 1. The SMILES string of the molecule is CCC(CO)(OC)c1ccc(Oc2ccc(Cl)cc2)cc1. The van der Waals surface area contributed by atoms with E-state index in [1.807, 2.05) is 43.3 Å². The highest BCUT2D eigenvalue weighted by molar-refractivity contribution is 6.30. The van der Waals surface area contributed by atoms with Gasteiger partial charge in [0.1, 0.15) is 17.1 Å². The van der Waals surface area contributed by atoms with Crippen LogP contribution in [0.15, 0.2) is 48.5 Å². The van der Waals surface area contributed by atoms with Gasteiger partial charge >= 0.3 is 0 Å². The van der Waals surface area contributed by atoms with Gasteiger partial charge in [0.15, 0.2) is 0 Å². The fourth-order valence-electron chi connectivity index (χ4n) is 2.20. The van der Waals surface area contributed by atoms with Crippen molar-refractivity contribution in [2.45, 2.75) is 18.9 Å². The van der Waals surface area contributed by atoms with E-state index in [0.29, 0.717) is 11.4 Å². The molecule has 2 aromatic carbocycles. The van der Waals surface area contributed by atoms with Crippen LogP contribution in [0.1, 0.15) is 18.9 Å². The lowest BCUT2D eigenvalue weighted by Gasteiger charge is -2.29. The van der Waals surface area contributed by atoms with Crippen molar-refractivity contribution in [2.75, 3.05) is 13.7 Å². The number of hydrogen-bond acceptors (Lipinski definition) is 3. The van der Waals surface area contributed by atoms with Crippen LogP contribution in [-0.2, 0) is 10.3 Å². The van der Waals surface area contributed by atoms with E-state index in [4.69, 9.17) is 21.1 Å². The second-order valence-corrected chi connectivity index (χ2v) is 5.23. The molecule has 0 amide bonds. The highest BCUT2D eigenvalue weighted by Crippen LogP contribution is 2.31. The van der Waals surface area contributed by atoms with Crippen molar-refractivity contribution in [1.82, 2.24) is 0 Å². The van der Waals surface area contributed by atoms with E-state index in [-0.39, 0.29) is 6.61 Å². The molecular weight excluding hydrogens is 288 g/mol. The topological polar surface area (TPSA) is 38.7 Å². The van der Waals surface area contributed by atoms with E-state index in [1.54, 1.807) is 19.2 Å². The van der Waals surface area contributed by atoms with E-state index in [0.717, 1.165) is 17.1 Å². The summed E-state index contributed by atoms with van der Waals surface area (Å²) in [6, 6.07) is 14.7. The van der Waals surface area contributed by atoms with Crippen LogP contribution in [0.2, 0.25) is 5.02 Å². The van der Waals surface area contributed by atoms with Gasteiger partial charge in [-0.2, -0.15) is 0 Å². The van der Waals surface area contributed by atoms with E-state index in [2.05, 4.69) is 0 Å². The van der Waals surface area contributed by atoms with E-state index >= 15 is 0 Å². The Bertz CT molecular complexity index is 551. The average molecular weight is 307 g/mol. The van der Waals surface area contributed by atoms with Crippen LogP contribution in [0, 0.1) is 0 Å². The molecule has 0 aromatic heterocycles. The van der Waals surface area contributed by atoms with Gasteiger partial charge in [-0.05, 0) is 48.4 Å². The van der Waals surface area contributed by atoms with Crippen molar-refractivity contribution in [2.24, 2.45) is 0 Å². The minimum Gasteiger partial charge on any atom is -0.457 e. The molecule has 1 atom stereocenters. The molecule has 0 saturated carbocycles. The van der Waals surface area contributed by atoms with Gasteiger partial charge in [-0.1, -0.05) is 30.7 Å². The average Bonchev–Trinajstić information content (AvgIpc) is 2.53. The zero-order valence-corrected chi connectivity index (χ0v) is 12.9. The first-order valence-electron chi connectivity index (χ1n) is 6.83. The summed E-state index contributed by atoms with van der Waals surface area (Å²) < 4.78 is 11.2. The Morgan fingerprint density at radius 2 is 1.52 bits per heavy atom. The standard InChI is InChI=1S/C17H19ClO3/c1-3-17(12-19,20-2)13-4-8-15(9-5-13)21-16-10-6-14(18)7-11-16/h4-11,19H,3,12H2,1-2H3. The summed E-state index contributed by atoms with van der Waals surface area (Å²) in [7, 11) is 1.61. The van der Waals surface area contributed by atoms with Crippen molar-refractivity contribution in [3.8, 4) is 11.5 Å². The predicted molar refractivity (Wildman–Crippen MR) is 84.0 cm³/mol. The molecule has 112 valence electrons. The van der Waals surface area contributed by atoms with Crippen LogP contribution in [0.25, 0.3) is 0 Å². The Hall–Kier alpha value is -1.55. The molecule has 2 rings (SSSR count). The van der Waals surface area contributed by atoms with Crippen LogP contribution in [-0.4, -0.2) is 18.8 Å². The zero-order chi connectivity index (χ0) is 15.3. The van der Waals surface area contributed by atoms with Crippen molar-refractivity contribution < 1.29 is 14.6 Å². The third kappa shape index (κ3) is 3.56. The van der Waals surface area contributed by atoms with Crippen LogP contribution in [0.3, 0.4) is 0 Å². The van der Waals surface area contributed by atoms with E-state index in [1.165, 1.54) is 0 Å². The third-order valence-electron chi connectivity index (χ3n) is 3.65. The molecule has 21 heavy (non-hydrogen) atoms. The van der Waals surface area contributed by atoms with Crippen molar-refractivity contribution in [1.29, 1.82) is 0 Å². The lowest BCUT2D eigenvalue weighted by Crippen LogP contribution is -2.31. The Labute approximate surface area is 130 Å². The molecule has 1 unspecified atom stereocenters. The maximum atomic E-state index is 9.59. The highest BCUT2D eigenvalue weighted by Gasteiger charge is 2.29. The number of ether oxygens (including phenoxy) is 2. The first-order chi connectivity index (χ1) is 10.1. The van der Waals surface area contributed by atoms with Gasteiger partial charge in [-0.3, -0.25) is 0 Å². The lowest BCUT2D eigenvalue weighted by atomic mass is 9.91. The van der Waals surface area contributed by atoms with Crippen LogP contribution in [0.4, 0.5) is 0 Å². The molecule has 4 heteroatoms. The zero-order valence-electron chi connectivity index (χ0n) is 12.2. The van der Waals surface area contributed by atoms with Gasteiger partial charge < -0.3 is 14.6 Å². The Kier molecular flexibility index (Phi) is 5.23. The molecule has 0 radical (unpaired) electrons. The van der Waals surface area contributed by atoms with Crippen LogP contribution in [0.5, 0.6) is 11.5 Å². The summed E-state index contributed by atoms with van der Waals surface area (Å²) in [5.74, 6) is 1.45. The minimum atomic E-state index is -0.654. The summed E-state index contributed by atoms with van der Waals surface area (Å²) in [5.41, 5.74) is 0.275. The molecule has 1 N–H and O–H groups in total. The Balaban J connectivity index is 2.17. The van der Waals surface area contributed by atoms with Gasteiger partial charge in [0, 0.05) is 12.1 Å². The molecule has 0 spiro atoms. The number of halogens is 1. The number of rotatable bonds is 6. The van der Waals surface area contributed by atoms with Crippen molar-refractivity contribution in [3.63, 3.8) is 0 Å². The fraction of sp³-hybridized carbons (Fsp3) is 0.294. The smallest absolute Gasteiger partial charge is 0.127 e. The van der Waals surface area contributed by atoms with Crippen molar-refractivity contribution in [3.05, 3.63) is 59.1 Å². The molecule has 0 heterocycles. The summed E-state index contributed by atoms with van der Waals surface area (Å²) in [4.78, 5) is 0. The van der Waals surface area contributed by atoms with Gasteiger partial charge in [-0.15, -0.1) is 0 Å². The normalized spacial score (nSPS) is 13.7. The van der Waals surface area contributed by atoms with Gasteiger partial charge in [0.2, 0.25) is 0 Å². The molecule has 2 aromatic rings. The summed E-state index contributed by atoms with van der Waals surface area (Å²) >= 11 is 5.84.